The molecule has 2 aromatic heterocycles. The highest BCUT2D eigenvalue weighted by Crippen LogP contribution is 2.43. The molecule has 0 spiro atoms. The van der Waals surface area contributed by atoms with Crippen LogP contribution in [0.4, 0.5) is 0 Å². The Morgan fingerprint density at radius 3 is 2.32 bits per heavy atom. The minimum absolute atomic E-state index is 1.00. The third kappa shape index (κ3) is 1.67. The van der Waals surface area contributed by atoms with Crippen LogP contribution in [0.3, 0.4) is 0 Å². The summed E-state index contributed by atoms with van der Waals surface area (Å²) in [6.07, 6.45) is 1.00. The minimum atomic E-state index is 1.00. The molecule has 0 saturated heterocycles. The lowest BCUT2D eigenvalue weighted by Gasteiger charge is -2.14. The standard InChI is InChI=1S/C27H17N/c1-3-9-19-17(7-1)15-24-21(19)13-14-23-20-10-4-5-11-22(20)26-16-18-8-2-6-12-25(18)28(26)27(23)24/h1-14,16H,15H2. The van der Waals surface area contributed by atoms with Crippen molar-refractivity contribution in [3.63, 3.8) is 0 Å². The number of hydrogen-bond donors (Lipinski definition) is 0. The van der Waals surface area contributed by atoms with Crippen LogP contribution in [0, 0.1) is 0 Å². The summed E-state index contributed by atoms with van der Waals surface area (Å²) >= 11 is 0. The summed E-state index contributed by atoms with van der Waals surface area (Å²) in [6, 6.07) is 33.4. The predicted octanol–water partition coefficient (Wildman–Crippen LogP) is 6.97. The molecule has 0 saturated carbocycles. The van der Waals surface area contributed by atoms with Crippen molar-refractivity contribution < 1.29 is 0 Å². The fourth-order valence-corrected chi connectivity index (χ4v) is 5.20. The van der Waals surface area contributed by atoms with Gasteiger partial charge in [0, 0.05) is 22.6 Å². The Bertz CT molecular complexity index is 1580. The number of hydrogen-bond acceptors (Lipinski definition) is 0. The summed E-state index contributed by atoms with van der Waals surface area (Å²) in [4.78, 5) is 0. The van der Waals surface area contributed by atoms with E-state index >= 15 is 0 Å². The van der Waals surface area contributed by atoms with Gasteiger partial charge in [0.2, 0.25) is 0 Å². The molecule has 1 nitrogen and oxygen atoms in total. The summed E-state index contributed by atoms with van der Waals surface area (Å²) < 4.78 is 2.50. The van der Waals surface area contributed by atoms with E-state index in [0.717, 1.165) is 6.42 Å². The number of pyridine rings is 1. The molecule has 0 amide bonds. The normalized spacial score (nSPS) is 12.9. The van der Waals surface area contributed by atoms with Gasteiger partial charge in [-0.2, -0.15) is 0 Å². The molecule has 7 rings (SSSR count). The van der Waals surface area contributed by atoms with Crippen LogP contribution in [-0.4, -0.2) is 4.40 Å². The Hall–Kier alpha value is -3.58. The molecule has 2 heterocycles. The second-order valence-electron chi connectivity index (χ2n) is 7.79. The lowest BCUT2D eigenvalue weighted by atomic mass is 9.98. The second kappa shape index (κ2) is 5.02. The maximum atomic E-state index is 2.50. The van der Waals surface area contributed by atoms with E-state index in [1.807, 2.05) is 0 Å². The smallest absolute Gasteiger partial charge is 0.0582 e. The zero-order valence-electron chi connectivity index (χ0n) is 15.3. The highest BCUT2D eigenvalue weighted by atomic mass is 14.9. The largest absolute Gasteiger partial charge is 0.308 e. The number of rotatable bonds is 0. The Kier molecular flexibility index (Phi) is 2.60. The van der Waals surface area contributed by atoms with Crippen LogP contribution in [0.2, 0.25) is 0 Å². The molecule has 0 bridgehead atoms. The van der Waals surface area contributed by atoms with Crippen molar-refractivity contribution >= 4 is 38.1 Å². The number of benzene rings is 4. The van der Waals surface area contributed by atoms with Gasteiger partial charge in [-0.1, -0.05) is 78.9 Å². The van der Waals surface area contributed by atoms with Crippen LogP contribution >= 0.6 is 0 Å². The Labute approximate surface area is 162 Å². The molecule has 28 heavy (non-hydrogen) atoms. The van der Waals surface area contributed by atoms with E-state index in [1.165, 1.54) is 60.3 Å². The molecule has 0 N–H and O–H groups in total. The predicted molar refractivity (Wildman–Crippen MR) is 118 cm³/mol. The first kappa shape index (κ1) is 14.5. The molecule has 0 atom stereocenters. The second-order valence-corrected chi connectivity index (χ2v) is 7.79. The van der Waals surface area contributed by atoms with Gasteiger partial charge in [-0.25, -0.2) is 0 Å². The Morgan fingerprint density at radius 2 is 1.36 bits per heavy atom. The first-order chi connectivity index (χ1) is 13.9. The first-order valence-electron chi connectivity index (χ1n) is 9.85. The van der Waals surface area contributed by atoms with Crippen LogP contribution in [0.15, 0.2) is 91.0 Å². The zero-order chi connectivity index (χ0) is 18.2. The number of para-hydroxylation sites is 1. The summed E-state index contributed by atoms with van der Waals surface area (Å²) in [6.45, 7) is 0. The van der Waals surface area contributed by atoms with E-state index in [1.54, 1.807) is 0 Å². The molecular formula is C27H17N. The van der Waals surface area contributed by atoms with E-state index in [0.29, 0.717) is 0 Å². The average molecular weight is 355 g/mol. The van der Waals surface area contributed by atoms with E-state index in [9.17, 15) is 0 Å². The molecule has 1 aliphatic carbocycles. The fourth-order valence-electron chi connectivity index (χ4n) is 5.20. The van der Waals surface area contributed by atoms with Gasteiger partial charge in [0.05, 0.1) is 16.6 Å². The molecule has 1 aliphatic rings. The van der Waals surface area contributed by atoms with Crippen molar-refractivity contribution in [3.8, 4) is 11.1 Å². The quantitative estimate of drug-likeness (QED) is 0.259. The Balaban J connectivity index is 1.80. The van der Waals surface area contributed by atoms with Crippen molar-refractivity contribution in [1.29, 1.82) is 0 Å². The van der Waals surface area contributed by atoms with Gasteiger partial charge in [-0.3, -0.25) is 0 Å². The van der Waals surface area contributed by atoms with Gasteiger partial charge >= 0.3 is 0 Å². The highest BCUT2D eigenvalue weighted by Gasteiger charge is 2.23. The molecule has 0 radical (unpaired) electrons. The molecule has 1 heteroatoms. The average Bonchev–Trinajstić information content (AvgIpc) is 3.32. The molecule has 4 aromatic carbocycles. The molecule has 130 valence electrons. The van der Waals surface area contributed by atoms with Crippen molar-refractivity contribution in [3.05, 3.63) is 102 Å². The molecule has 6 aromatic rings. The summed E-state index contributed by atoms with van der Waals surface area (Å²) in [5.41, 5.74) is 9.61. The van der Waals surface area contributed by atoms with Crippen molar-refractivity contribution in [2.75, 3.05) is 0 Å². The monoisotopic (exact) mass is 355 g/mol. The van der Waals surface area contributed by atoms with Crippen molar-refractivity contribution in [2.24, 2.45) is 0 Å². The third-order valence-electron chi connectivity index (χ3n) is 6.39. The van der Waals surface area contributed by atoms with E-state index in [-0.39, 0.29) is 0 Å². The van der Waals surface area contributed by atoms with Gasteiger partial charge in [0.15, 0.2) is 0 Å². The van der Waals surface area contributed by atoms with E-state index in [2.05, 4.69) is 95.4 Å². The summed E-state index contributed by atoms with van der Waals surface area (Å²) in [5, 5.41) is 5.30. The fraction of sp³-hybridized carbons (Fsp3) is 0.0370. The topological polar surface area (TPSA) is 4.41 Å². The van der Waals surface area contributed by atoms with Crippen molar-refractivity contribution in [1.82, 2.24) is 4.40 Å². The molecule has 0 fully saturated rings. The van der Waals surface area contributed by atoms with Crippen LogP contribution in [0.25, 0.3) is 49.2 Å². The minimum Gasteiger partial charge on any atom is -0.308 e. The van der Waals surface area contributed by atoms with E-state index < -0.39 is 0 Å². The van der Waals surface area contributed by atoms with Gasteiger partial charge in [-0.15, -0.1) is 0 Å². The Morgan fingerprint density at radius 1 is 0.571 bits per heavy atom. The lowest BCUT2D eigenvalue weighted by molar-refractivity contribution is 1.24. The zero-order valence-corrected chi connectivity index (χ0v) is 15.3. The SMILES string of the molecule is c1ccc2c(c1)Cc1c-2ccc2c3ccccc3c3cc4ccccc4n3c12. The maximum Gasteiger partial charge on any atom is 0.0582 e. The van der Waals surface area contributed by atoms with Crippen LogP contribution < -0.4 is 0 Å². The molecule has 0 unspecified atom stereocenters. The third-order valence-corrected chi connectivity index (χ3v) is 6.39. The van der Waals surface area contributed by atoms with Crippen LogP contribution in [0.1, 0.15) is 11.1 Å². The van der Waals surface area contributed by atoms with Gasteiger partial charge < -0.3 is 4.40 Å². The molecule has 0 aliphatic heterocycles. The highest BCUT2D eigenvalue weighted by molar-refractivity contribution is 6.17. The number of nitrogens with zero attached hydrogens (tertiary/aromatic N) is 1. The maximum absolute atomic E-state index is 2.50. The lowest BCUT2D eigenvalue weighted by Crippen LogP contribution is -1.95. The molecular weight excluding hydrogens is 338 g/mol. The number of aromatic nitrogens is 1. The first-order valence-corrected chi connectivity index (χ1v) is 9.85. The van der Waals surface area contributed by atoms with Gasteiger partial charge in [0.1, 0.15) is 0 Å². The number of fused-ring (bicyclic) bond motifs is 12. The van der Waals surface area contributed by atoms with E-state index in [4.69, 9.17) is 0 Å². The van der Waals surface area contributed by atoms with Crippen molar-refractivity contribution in [2.45, 2.75) is 6.42 Å². The van der Waals surface area contributed by atoms with Gasteiger partial charge in [0.25, 0.3) is 0 Å². The van der Waals surface area contributed by atoms with Crippen LogP contribution in [0.5, 0.6) is 0 Å². The summed E-state index contributed by atoms with van der Waals surface area (Å²) in [7, 11) is 0. The van der Waals surface area contributed by atoms with Crippen LogP contribution in [-0.2, 0) is 6.42 Å². The summed E-state index contributed by atoms with van der Waals surface area (Å²) in [5.74, 6) is 0. The van der Waals surface area contributed by atoms with Gasteiger partial charge in [-0.05, 0) is 39.8 Å².